The molecule has 0 atom stereocenters. The lowest BCUT2D eigenvalue weighted by Gasteiger charge is -2.32. The monoisotopic (exact) mass is 291 g/mol. The third-order valence-corrected chi connectivity index (χ3v) is 4.02. The van der Waals surface area contributed by atoms with Crippen LogP contribution in [-0.4, -0.2) is 29.9 Å². The van der Waals surface area contributed by atoms with E-state index >= 15 is 0 Å². The molecule has 6 heteroatoms. The van der Waals surface area contributed by atoms with E-state index in [9.17, 15) is 4.39 Å². The number of nitrogens with zero attached hydrogens (tertiary/aromatic N) is 2. The molecular weight excluding hydrogens is 273 g/mol. The van der Waals surface area contributed by atoms with Crippen LogP contribution in [0.2, 0.25) is 0 Å². The minimum atomic E-state index is -0.328. The van der Waals surface area contributed by atoms with Crippen molar-refractivity contribution in [1.29, 1.82) is 0 Å². The Balaban J connectivity index is 1.95. The molecule has 1 aromatic carbocycles. The van der Waals surface area contributed by atoms with E-state index in [1.807, 2.05) is 13.0 Å². The second-order valence-corrected chi connectivity index (χ2v) is 5.54. The van der Waals surface area contributed by atoms with Gasteiger partial charge >= 0.3 is 0 Å². The van der Waals surface area contributed by atoms with Gasteiger partial charge in [0.1, 0.15) is 5.82 Å². The van der Waals surface area contributed by atoms with Crippen LogP contribution in [0.15, 0.2) is 22.7 Å². The molecule has 2 N–H and O–H groups in total. The van der Waals surface area contributed by atoms with Crippen LogP contribution in [0.3, 0.4) is 0 Å². The Kier molecular flexibility index (Phi) is 3.73. The van der Waals surface area contributed by atoms with Gasteiger partial charge in [0.2, 0.25) is 11.7 Å². The van der Waals surface area contributed by atoms with Crippen molar-refractivity contribution in [2.75, 3.05) is 19.8 Å². The summed E-state index contributed by atoms with van der Waals surface area (Å²) in [5.41, 5.74) is 7.02. The number of ether oxygens (including phenoxy) is 1. The molecule has 0 unspecified atom stereocenters. The molecule has 1 aliphatic heterocycles. The number of hydrogen-bond acceptors (Lipinski definition) is 5. The Morgan fingerprint density at radius 1 is 1.29 bits per heavy atom. The van der Waals surface area contributed by atoms with Gasteiger partial charge in [0.15, 0.2) is 0 Å². The van der Waals surface area contributed by atoms with Gasteiger partial charge in [-0.05, 0) is 43.5 Å². The molecule has 2 heterocycles. The van der Waals surface area contributed by atoms with E-state index in [0.29, 0.717) is 37.0 Å². The second kappa shape index (κ2) is 5.54. The molecule has 0 radical (unpaired) electrons. The predicted molar refractivity (Wildman–Crippen MR) is 75.2 cm³/mol. The molecular formula is C15H18FN3O2. The van der Waals surface area contributed by atoms with E-state index in [2.05, 4.69) is 10.1 Å². The van der Waals surface area contributed by atoms with Gasteiger partial charge in [-0.3, -0.25) is 0 Å². The second-order valence-electron chi connectivity index (χ2n) is 5.54. The number of halogens is 1. The fourth-order valence-corrected chi connectivity index (χ4v) is 2.69. The average Bonchev–Trinajstić information content (AvgIpc) is 2.97. The zero-order valence-electron chi connectivity index (χ0n) is 11.9. The minimum Gasteiger partial charge on any atom is -0.381 e. The fourth-order valence-electron chi connectivity index (χ4n) is 2.69. The summed E-state index contributed by atoms with van der Waals surface area (Å²) in [6.07, 6.45) is 1.51. The summed E-state index contributed by atoms with van der Waals surface area (Å²) in [5, 5.41) is 3.99. The van der Waals surface area contributed by atoms with Gasteiger partial charge in [0.25, 0.3) is 0 Å². The van der Waals surface area contributed by atoms with E-state index in [4.69, 9.17) is 15.0 Å². The lowest BCUT2D eigenvalue weighted by Crippen LogP contribution is -2.40. The predicted octanol–water partition coefficient (Wildman–Crippen LogP) is 2.19. The van der Waals surface area contributed by atoms with Gasteiger partial charge in [0, 0.05) is 25.3 Å². The van der Waals surface area contributed by atoms with Crippen LogP contribution in [-0.2, 0) is 10.2 Å². The Morgan fingerprint density at radius 3 is 2.71 bits per heavy atom. The summed E-state index contributed by atoms with van der Waals surface area (Å²) >= 11 is 0. The molecule has 0 bridgehead atoms. The maximum atomic E-state index is 13.5. The summed E-state index contributed by atoms with van der Waals surface area (Å²) in [4.78, 5) is 4.45. The van der Waals surface area contributed by atoms with Crippen LogP contribution < -0.4 is 5.73 Å². The summed E-state index contributed by atoms with van der Waals surface area (Å²) in [5.74, 6) is 0.605. The van der Waals surface area contributed by atoms with Crippen molar-refractivity contribution in [2.45, 2.75) is 25.2 Å². The van der Waals surface area contributed by atoms with Crippen molar-refractivity contribution in [3.05, 3.63) is 35.5 Å². The van der Waals surface area contributed by atoms with Crippen LogP contribution in [0, 0.1) is 12.7 Å². The summed E-state index contributed by atoms with van der Waals surface area (Å²) in [6, 6.07) is 4.70. The molecule has 1 aromatic heterocycles. The third kappa shape index (κ3) is 2.69. The first-order valence-electron chi connectivity index (χ1n) is 7.02. The maximum Gasteiger partial charge on any atom is 0.234 e. The molecule has 0 amide bonds. The largest absolute Gasteiger partial charge is 0.381 e. The molecule has 0 saturated carbocycles. The molecule has 1 saturated heterocycles. The minimum absolute atomic E-state index is 0.309. The summed E-state index contributed by atoms with van der Waals surface area (Å²) < 4.78 is 24.3. The SMILES string of the molecule is Cc1cc(F)cc(-c2noc(C3(CN)CCOCC3)n2)c1. The van der Waals surface area contributed by atoms with E-state index in [-0.39, 0.29) is 11.2 Å². The number of benzene rings is 1. The highest BCUT2D eigenvalue weighted by atomic mass is 19.1. The molecule has 1 fully saturated rings. The van der Waals surface area contributed by atoms with Crippen LogP contribution >= 0.6 is 0 Å². The van der Waals surface area contributed by atoms with Gasteiger partial charge in [-0.15, -0.1) is 0 Å². The molecule has 5 nitrogen and oxygen atoms in total. The maximum absolute atomic E-state index is 13.5. The lowest BCUT2D eigenvalue weighted by molar-refractivity contribution is 0.0409. The quantitative estimate of drug-likeness (QED) is 0.938. The van der Waals surface area contributed by atoms with Gasteiger partial charge in [-0.25, -0.2) is 4.39 Å². The Hall–Kier alpha value is -1.79. The van der Waals surface area contributed by atoms with E-state index in [1.165, 1.54) is 12.1 Å². The van der Waals surface area contributed by atoms with Crippen molar-refractivity contribution in [3.63, 3.8) is 0 Å². The average molecular weight is 291 g/mol. The third-order valence-electron chi connectivity index (χ3n) is 4.02. The molecule has 1 aliphatic rings. The van der Waals surface area contributed by atoms with Crippen molar-refractivity contribution in [3.8, 4) is 11.4 Å². The standard InChI is InChI=1S/C15H18FN3O2/c1-10-6-11(8-12(16)7-10)13-18-14(21-19-13)15(9-17)2-4-20-5-3-15/h6-8H,2-5,9,17H2,1H3. The van der Waals surface area contributed by atoms with Crippen LogP contribution in [0.25, 0.3) is 11.4 Å². The van der Waals surface area contributed by atoms with E-state index in [1.54, 1.807) is 0 Å². The molecule has 0 spiro atoms. The highest BCUT2D eigenvalue weighted by molar-refractivity contribution is 5.55. The van der Waals surface area contributed by atoms with E-state index in [0.717, 1.165) is 18.4 Å². The lowest BCUT2D eigenvalue weighted by atomic mass is 9.80. The smallest absolute Gasteiger partial charge is 0.234 e. The van der Waals surface area contributed by atoms with Crippen molar-refractivity contribution < 1.29 is 13.7 Å². The fraction of sp³-hybridized carbons (Fsp3) is 0.467. The molecule has 21 heavy (non-hydrogen) atoms. The Morgan fingerprint density at radius 2 is 2.05 bits per heavy atom. The number of nitrogens with two attached hydrogens (primary N) is 1. The molecule has 3 rings (SSSR count). The van der Waals surface area contributed by atoms with Gasteiger partial charge in [0.05, 0.1) is 5.41 Å². The van der Waals surface area contributed by atoms with Crippen LogP contribution in [0.5, 0.6) is 0 Å². The van der Waals surface area contributed by atoms with E-state index < -0.39 is 0 Å². The zero-order chi connectivity index (χ0) is 14.9. The van der Waals surface area contributed by atoms with Crippen LogP contribution in [0.1, 0.15) is 24.3 Å². The Labute approximate surface area is 122 Å². The molecule has 112 valence electrons. The van der Waals surface area contributed by atoms with Crippen molar-refractivity contribution in [2.24, 2.45) is 5.73 Å². The van der Waals surface area contributed by atoms with Gasteiger partial charge < -0.3 is 15.0 Å². The number of rotatable bonds is 3. The number of aryl methyl sites for hydroxylation is 1. The first-order chi connectivity index (χ1) is 10.1. The topological polar surface area (TPSA) is 74.2 Å². The number of aromatic nitrogens is 2. The summed E-state index contributed by atoms with van der Waals surface area (Å²) in [7, 11) is 0. The van der Waals surface area contributed by atoms with Gasteiger partial charge in [-0.2, -0.15) is 4.98 Å². The highest BCUT2D eigenvalue weighted by Crippen LogP contribution is 2.33. The first-order valence-corrected chi connectivity index (χ1v) is 7.02. The Bertz CT molecular complexity index is 615. The zero-order valence-corrected chi connectivity index (χ0v) is 11.9. The molecule has 2 aromatic rings. The van der Waals surface area contributed by atoms with Crippen molar-refractivity contribution >= 4 is 0 Å². The number of hydrogen-bond donors (Lipinski definition) is 1. The molecule has 0 aliphatic carbocycles. The van der Waals surface area contributed by atoms with Gasteiger partial charge in [-0.1, -0.05) is 5.16 Å². The van der Waals surface area contributed by atoms with Crippen molar-refractivity contribution in [1.82, 2.24) is 10.1 Å². The summed E-state index contributed by atoms with van der Waals surface area (Å²) in [6.45, 7) is 3.52. The first kappa shape index (κ1) is 14.2. The van der Waals surface area contributed by atoms with Crippen LogP contribution in [0.4, 0.5) is 4.39 Å². The normalized spacial score (nSPS) is 17.9. The highest BCUT2D eigenvalue weighted by Gasteiger charge is 2.38.